The van der Waals surface area contributed by atoms with Crippen LogP contribution in [0, 0.1) is 11.8 Å². The Bertz CT molecular complexity index is 772. The Morgan fingerprint density at radius 2 is 1.88 bits per heavy atom. The summed E-state index contributed by atoms with van der Waals surface area (Å²) in [5.74, 6) is 0.0789. The third-order valence-corrected chi connectivity index (χ3v) is 6.03. The first-order chi connectivity index (χ1) is 12.2. The van der Waals surface area contributed by atoms with Crippen LogP contribution in [0.2, 0.25) is 0 Å². The molecule has 0 saturated heterocycles. The quantitative estimate of drug-likeness (QED) is 0.478. The molecule has 0 aliphatic heterocycles. The van der Waals surface area contributed by atoms with Crippen molar-refractivity contribution in [1.29, 1.82) is 0 Å². The summed E-state index contributed by atoms with van der Waals surface area (Å²) in [6.07, 6.45) is 14.4. The van der Waals surface area contributed by atoms with Crippen molar-refractivity contribution in [2.75, 3.05) is 0 Å². The zero-order valence-electron chi connectivity index (χ0n) is 14.6. The van der Waals surface area contributed by atoms with E-state index in [4.69, 9.17) is 0 Å². The molecule has 1 saturated carbocycles. The highest BCUT2D eigenvalue weighted by Gasteiger charge is 2.41. The molecule has 3 unspecified atom stereocenters. The topological polar surface area (TPSA) is 40.5 Å². The van der Waals surface area contributed by atoms with Gasteiger partial charge in [-0.2, -0.15) is 0 Å². The first-order valence-electron chi connectivity index (χ1n) is 9.40. The van der Waals surface area contributed by atoms with E-state index in [2.05, 4.69) is 43.0 Å². The van der Waals surface area contributed by atoms with Gasteiger partial charge in [0.25, 0.3) is 0 Å². The zero-order valence-corrected chi connectivity index (χ0v) is 14.6. The summed E-state index contributed by atoms with van der Waals surface area (Å²) in [4.78, 5) is 0. The Morgan fingerprint density at radius 3 is 2.72 bits per heavy atom. The molecule has 0 aromatic heterocycles. The van der Waals surface area contributed by atoms with Crippen molar-refractivity contribution in [1.82, 2.24) is 0 Å². The highest BCUT2D eigenvalue weighted by molar-refractivity contribution is 6.44. The van der Waals surface area contributed by atoms with Crippen molar-refractivity contribution >= 4 is 12.7 Å². The minimum absolute atomic E-state index is 0.0194. The molecule has 0 radical (unpaired) electrons. The van der Waals surface area contributed by atoms with Crippen molar-refractivity contribution in [3.05, 3.63) is 77.4 Å². The first-order valence-corrected chi connectivity index (χ1v) is 9.40. The van der Waals surface area contributed by atoms with E-state index in [9.17, 15) is 10.0 Å². The molecule has 0 spiro atoms. The first kappa shape index (κ1) is 16.6. The monoisotopic (exact) mass is 332 g/mol. The van der Waals surface area contributed by atoms with Gasteiger partial charge in [-0.25, -0.2) is 0 Å². The van der Waals surface area contributed by atoms with Gasteiger partial charge in [0.2, 0.25) is 0 Å². The lowest BCUT2D eigenvalue weighted by atomic mass is 9.54. The maximum atomic E-state index is 10.1. The lowest BCUT2D eigenvalue weighted by Gasteiger charge is -2.38. The molecule has 2 N–H and O–H groups in total. The summed E-state index contributed by atoms with van der Waals surface area (Å²) < 4.78 is 0. The number of hydrogen-bond donors (Lipinski definition) is 2. The predicted octanol–water partition coefficient (Wildman–Crippen LogP) is 4.43. The van der Waals surface area contributed by atoms with Crippen LogP contribution < -0.4 is 0 Å². The molecule has 1 aromatic carbocycles. The summed E-state index contributed by atoms with van der Waals surface area (Å²) in [5, 5.41) is 20.2. The third-order valence-electron chi connectivity index (χ3n) is 6.03. The Labute approximate surface area is 150 Å². The summed E-state index contributed by atoms with van der Waals surface area (Å²) in [6, 6.07) is 8.26. The SMILES string of the molecule is C=C1CCCCCC1C1=C2C=CC=CC2C(B(O)O)c2ccccc21. The number of rotatable bonds is 2. The Hall–Kier alpha value is -1.84. The summed E-state index contributed by atoms with van der Waals surface area (Å²) in [7, 11) is -1.36. The largest absolute Gasteiger partial charge is 0.460 e. The highest BCUT2D eigenvalue weighted by Crippen LogP contribution is 2.50. The van der Waals surface area contributed by atoms with E-state index in [0.717, 1.165) is 18.4 Å². The van der Waals surface area contributed by atoms with Gasteiger partial charge in [-0.15, -0.1) is 0 Å². The summed E-state index contributed by atoms with van der Waals surface area (Å²) >= 11 is 0. The summed E-state index contributed by atoms with van der Waals surface area (Å²) in [5.41, 5.74) is 6.18. The van der Waals surface area contributed by atoms with E-state index in [1.807, 2.05) is 12.1 Å². The fraction of sp³-hybridized carbons (Fsp3) is 0.364. The van der Waals surface area contributed by atoms with Crippen LogP contribution in [0.15, 0.2) is 66.3 Å². The van der Waals surface area contributed by atoms with Gasteiger partial charge < -0.3 is 10.0 Å². The molecule has 3 aliphatic carbocycles. The molecule has 3 heteroatoms. The van der Waals surface area contributed by atoms with Crippen LogP contribution in [0.1, 0.15) is 49.0 Å². The Balaban J connectivity index is 1.92. The maximum absolute atomic E-state index is 10.1. The highest BCUT2D eigenvalue weighted by atomic mass is 16.4. The van der Waals surface area contributed by atoms with Crippen molar-refractivity contribution in [2.45, 2.75) is 37.9 Å². The molecule has 0 heterocycles. The van der Waals surface area contributed by atoms with Gasteiger partial charge in [-0.3, -0.25) is 0 Å². The number of fused-ring (bicyclic) bond motifs is 2. The van der Waals surface area contributed by atoms with Crippen LogP contribution in [0.5, 0.6) is 0 Å². The van der Waals surface area contributed by atoms with Gasteiger partial charge in [-0.05, 0) is 41.5 Å². The summed E-state index contributed by atoms with van der Waals surface area (Å²) in [6.45, 7) is 4.42. The fourth-order valence-corrected chi connectivity index (χ4v) is 4.86. The van der Waals surface area contributed by atoms with Gasteiger partial charge in [0.15, 0.2) is 0 Å². The number of benzene rings is 1. The fourth-order valence-electron chi connectivity index (χ4n) is 4.86. The van der Waals surface area contributed by atoms with Crippen LogP contribution in [0.25, 0.3) is 5.57 Å². The maximum Gasteiger partial charge on any atom is 0.460 e. The zero-order chi connectivity index (χ0) is 17.4. The lowest BCUT2D eigenvalue weighted by Crippen LogP contribution is -2.35. The third kappa shape index (κ3) is 2.86. The lowest BCUT2D eigenvalue weighted by molar-refractivity contribution is 0.374. The molecule has 1 aromatic rings. The van der Waals surface area contributed by atoms with E-state index < -0.39 is 7.12 Å². The molecule has 25 heavy (non-hydrogen) atoms. The number of hydrogen-bond acceptors (Lipinski definition) is 2. The van der Waals surface area contributed by atoms with E-state index in [1.54, 1.807) is 0 Å². The van der Waals surface area contributed by atoms with Crippen molar-refractivity contribution in [2.24, 2.45) is 11.8 Å². The second kappa shape index (κ2) is 6.82. The number of allylic oxidation sites excluding steroid dienone is 7. The second-order valence-corrected chi connectivity index (χ2v) is 7.48. The van der Waals surface area contributed by atoms with Crippen LogP contribution in [-0.4, -0.2) is 17.2 Å². The van der Waals surface area contributed by atoms with E-state index in [1.165, 1.54) is 41.5 Å². The smallest absolute Gasteiger partial charge is 0.427 e. The van der Waals surface area contributed by atoms with Gasteiger partial charge in [0.1, 0.15) is 0 Å². The normalized spacial score (nSPS) is 28.4. The average Bonchev–Trinajstić information content (AvgIpc) is 2.83. The van der Waals surface area contributed by atoms with E-state index >= 15 is 0 Å². The van der Waals surface area contributed by atoms with Crippen LogP contribution in [-0.2, 0) is 0 Å². The van der Waals surface area contributed by atoms with Gasteiger partial charge in [-0.1, -0.05) is 73.6 Å². The molecular formula is C22H25BO2. The van der Waals surface area contributed by atoms with Crippen molar-refractivity contribution in [3.63, 3.8) is 0 Å². The van der Waals surface area contributed by atoms with E-state index in [-0.39, 0.29) is 11.7 Å². The standard InChI is InChI=1S/C22H25BO2/c1-15-9-3-2-4-10-16(15)21-17-11-5-7-13-19(17)22(23(24)25)20-14-8-6-12-18(20)21/h5-8,11-14,16,19,22,24-25H,1-4,9-10H2. The minimum atomic E-state index is -1.36. The van der Waals surface area contributed by atoms with Crippen LogP contribution in [0.4, 0.5) is 0 Å². The van der Waals surface area contributed by atoms with Gasteiger partial charge in [0, 0.05) is 17.7 Å². The molecule has 3 atom stereocenters. The van der Waals surface area contributed by atoms with Crippen molar-refractivity contribution in [3.8, 4) is 0 Å². The van der Waals surface area contributed by atoms with Gasteiger partial charge >= 0.3 is 7.12 Å². The van der Waals surface area contributed by atoms with Crippen molar-refractivity contribution < 1.29 is 10.0 Å². The van der Waals surface area contributed by atoms with Crippen LogP contribution >= 0.6 is 0 Å². The molecule has 0 amide bonds. The molecule has 2 nitrogen and oxygen atoms in total. The minimum Gasteiger partial charge on any atom is -0.427 e. The average molecular weight is 332 g/mol. The molecule has 4 rings (SSSR count). The molecule has 3 aliphatic rings. The molecule has 0 bridgehead atoms. The molecule has 128 valence electrons. The Kier molecular flexibility index (Phi) is 4.53. The predicted molar refractivity (Wildman–Crippen MR) is 104 cm³/mol. The van der Waals surface area contributed by atoms with E-state index in [0.29, 0.717) is 5.92 Å². The van der Waals surface area contributed by atoms with Gasteiger partial charge in [0.05, 0.1) is 0 Å². The van der Waals surface area contributed by atoms with Crippen LogP contribution in [0.3, 0.4) is 0 Å². The Morgan fingerprint density at radius 1 is 1.04 bits per heavy atom. The molecular weight excluding hydrogens is 307 g/mol. The second-order valence-electron chi connectivity index (χ2n) is 7.48. The molecule has 1 fully saturated rings.